The van der Waals surface area contributed by atoms with Gasteiger partial charge in [0.15, 0.2) is 5.82 Å². The molecule has 8 heteroatoms. The minimum absolute atomic E-state index is 0.125. The Labute approximate surface area is 162 Å². The van der Waals surface area contributed by atoms with Gasteiger partial charge in [0.1, 0.15) is 11.4 Å². The van der Waals surface area contributed by atoms with Crippen LogP contribution in [0.4, 0.5) is 0 Å². The van der Waals surface area contributed by atoms with Crippen LogP contribution in [0, 0.1) is 0 Å². The summed E-state index contributed by atoms with van der Waals surface area (Å²) in [5.74, 6) is 0.740. The molecule has 3 heterocycles. The van der Waals surface area contributed by atoms with Crippen LogP contribution in [0.3, 0.4) is 0 Å². The number of ether oxygens (including phenoxy) is 1. The molecular formula is C20H23N5O3. The molecule has 0 saturated carbocycles. The van der Waals surface area contributed by atoms with Crippen molar-refractivity contribution in [3.63, 3.8) is 0 Å². The highest BCUT2D eigenvalue weighted by molar-refractivity contribution is 5.96. The molecule has 2 aromatic heterocycles. The number of rotatable bonds is 6. The number of likely N-dealkylation sites (N-methyl/N-ethyl adjacent to an activating group) is 1. The summed E-state index contributed by atoms with van der Waals surface area (Å²) in [7, 11) is 1.64. The van der Waals surface area contributed by atoms with Gasteiger partial charge in [0, 0.05) is 49.5 Å². The molecule has 0 aliphatic carbocycles. The molecule has 0 saturated heterocycles. The summed E-state index contributed by atoms with van der Waals surface area (Å²) in [5.41, 5.74) is 2.41. The highest BCUT2D eigenvalue weighted by Gasteiger charge is 2.27. The van der Waals surface area contributed by atoms with Crippen LogP contribution < -0.4 is 10.1 Å². The van der Waals surface area contributed by atoms with Crippen LogP contribution in [0.5, 0.6) is 5.75 Å². The van der Waals surface area contributed by atoms with Crippen molar-refractivity contribution in [1.82, 2.24) is 24.8 Å². The maximum absolute atomic E-state index is 12.5. The molecule has 146 valence electrons. The summed E-state index contributed by atoms with van der Waals surface area (Å²) >= 11 is 0. The van der Waals surface area contributed by atoms with E-state index >= 15 is 0 Å². The van der Waals surface area contributed by atoms with Crippen LogP contribution >= 0.6 is 0 Å². The number of carbonyl (C=O) groups is 2. The van der Waals surface area contributed by atoms with Crippen LogP contribution in [0.25, 0.3) is 10.9 Å². The first-order valence-corrected chi connectivity index (χ1v) is 9.39. The highest BCUT2D eigenvalue weighted by atomic mass is 16.5. The molecule has 0 atom stereocenters. The monoisotopic (exact) mass is 381 g/mol. The van der Waals surface area contributed by atoms with Crippen LogP contribution in [0.2, 0.25) is 0 Å². The van der Waals surface area contributed by atoms with Gasteiger partial charge in [-0.25, -0.2) is 4.98 Å². The van der Waals surface area contributed by atoms with Crippen molar-refractivity contribution in [3.8, 4) is 5.75 Å². The minimum atomic E-state index is -0.268. The topological polar surface area (TPSA) is 92.2 Å². The second kappa shape index (κ2) is 7.38. The SMILES string of the molecule is CCN1CCn2cc(C(=O)NCCc3c[nH]c4ccc(OC)cc34)nc2C1=O. The molecule has 0 fully saturated rings. The average Bonchev–Trinajstić information content (AvgIpc) is 3.32. The first kappa shape index (κ1) is 18.1. The number of amides is 2. The number of H-pyrrole nitrogens is 1. The Bertz CT molecular complexity index is 1040. The zero-order chi connectivity index (χ0) is 19.7. The van der Waals surface area contributed by atoms with Crippen molar-refractivity contribution in [2.75, 3.05) is 26.7 Å². The number of benzene rings is 1. The zero-order valence-corrected chi connectivity index (χ0v) is 16.0. The van der Waals surface area contributed by atoms with Gasteiger partial charge in [-0.15, -0.1) is 0 Å². The minimum Gasteiger partial charge on any atom is -0.497 e. The lowest BCUT2D eigenvalue weighted by Crippen LogP contribution is -2.40. The van der Waals surface area contributed by atoms with Crippen LogP contribution in [-0.4, -0.2) is 58.0 Å². The maximum Gasteiger partial charge on any atom is 0.289 e. The molecule has 8 nitrogen and oxygen atoms in total. The third-order valence-electron chi connectivity index (χ3n) is 5.13. The van der Waals surface area contributed by atoms with E-state index in [9.17, 15) is 9.59 Å². The third kappa shape index (κ3) is 3.21. The van der Waals surface area contributed by atoms with Gasteiger partial charge < -0.3 is 24.5 Å². The van der Waals surface area contributed by atoms with E-state index in [-0.39, 0.29) is 17.5 Å². The molecule has 0 spiro atoms. The summed E-state index contributed by atoms with van der Waals surface area (Å²) in [6, 6.07) is 5.87. The summed E-state index contributed by atoms with van der Waals surface area (Å²) in [4.78, 5) is 34.0. The fraction of sp³-hybridized carbons (Fsp3) is 0.350. The average molecular weight is 381 g/mol. The van der Waals surface area contributed by atoms with Gasteiger partial charge in [-0.1, -0.05) is 0 Å². The van der Waals surface area contributed by atoms with E-state index in [2.05, 4.69) is 15.3 Å². The molecule has 0 bridgehead atoms. The number of aromatic amines is 1. The Hall–Kier alpha value is -3.29. The number of methoxy groups -OCH3 is 1. The van der Waals surface area contributed by atoms with Crippen molar-refractivity contribution in [2.24, 2.45) is 0 Å². The van der Waals surface area contributed by atoms with E-state index in [1.54, 1.807) is 22.8 Å². The number of nitrogens with zero attached hydrogens (tertiary/aromatic N) is 3. The van der Waals surface area contributed by atoms with E-state index in [1.807, 2.05) is 31.3 Å². The number of hydrogen-bond acceptors (Lipinski definition) is 4. The van der Waals surface area contributed by atoms with Gasteiger partial charge in [0.05, 0.1) is 7.11 Å². The first-order chi connectivity index (χ1) is 13.6. The van der Waals surface area contributed by atoms with Gasteiger partial charge in [0.2, 0.25) is 0 Å². The van der Waals surface area contributed by atoms with Crippen LogP contribution in [0.15, 0.2) is 30.6 Å². The normalized spacial score (nSPS) is 13.6. The van der Waals surface area contributed by atoms with Crippen LogP contribution in [-0.2, 0) is 13.0 Å². The summed E-state index contributed by atoms with van der Waals surface area (Å²) < 4.78 is 7.05. The van der Waals surface area contributed by atoms with E-state index in [4.69, 9.17) is 4.74 Å². The highest BCUT2D eigenvalue weighted by Crippen LogP contribution is 2.23. The van der Waals surface area contributed by atoms with Crippen molar-refractivity contribution >= 4 is 22.7 Å². The maximum atomic E-state index is 12.5. The summed E-state index contributed by atoms with van der Waals surface area (Å²) in [6.07, 6.45) is 4.28. The van der Waals surface area contributed by atoms with Crippen LogP contribution in [0.1, 0.15) is 33.6 Å². The molecule has 2 amide bonds. The van der Waals surface area contributed by atoms with Gasteiger partial charge in [-0.05, 0) is 37.1 Å². The standard InChI is InChI=1S/C20H23N5O3/c1-3-24-8-9-25-12-17(23-18(25)20(24)27)19(26)21-7-6-13-11-22-16-5-4-14(28-2)10-15(13)16/h4-5,10-12,22H,3,6-9H2,1-2H3,(H,21,26). The lowest BCUT2D eigenvalue weighted by Gasteiger charge is -2.25. The third-order valence-corrected chi connectivity index (χ3v) is 5.13. The lowest BCUT2D eigenvalue weighted by molar-refractivity contribution is 0.0707. The van der Waals surface area contributed by atoms with Crippen molar-refractivity contribution < 1.29 is 14.3 Å². The Morgan fingerprint density at radius 1 is 1.36 bits per heavy atom. The Morgan fingerprint density at radius 2 is 2.21 bits per heavy atom. The van der Waals surface area contributed by atoms with Crippen molar-refractivity contribution in [1.29, 1.82) is 0 Å². The molecule has 0 unspecified atom stereocenters. The number of nitrogens with one attached hydrogen (secondary N) is 2. The Balaban J connectivity index is 1.41. The Kier molecular flexibility index (Phi) is 4.77. The lowest BCUT2D eigenvalue weighted by atomic mass is 10.1. The van der Waals surface area contributed by atoms with E-state index in [1.165, 1.54) is 0 Å². The summed E-state index contributed by atoms with van der Waals surface area (Å²) in [6.45, 7) is 4.35. The second-order valence-corrected chi connectivity index (χ2v) is 6.76. The van der Waals surface area contributed by atoms with Gasteiger partial charge in [-0.3, -0.25) is 9.59 Å². The quantitative estimate of drug-likeness (QED) is 0.681. The number of fused-ring (bicyclic) bond motifs is 2. The van der Waals surface area contributed by atoms with Gasteiger partial charge >= 0.3 is 0 Å². The molecule has 4 rings (SSSR count). The number of imidazole rings is 1. The molecule has 0 radical (unpaired) electrons. The largest absolute Gasteiger partial charge is 0.497 e. The zero-order valence-electron chi connectivity index (χ0n) is 16.0. The predicted molar refractivity (Wildman–Crippen MR) is 105 cm³/mol. The fourth-order valence-corrected chi connectivity index (χ4v) is 3.53. The molecular weight excluding hydrogens is 358 g/mol. The molecule has 3 aromatic rings. The van der Waals surface area contributed by atoms with E-state index in [0.717, 1.165) is 22.2 Å². The smallest absolute Gasteiger partial charge is 0.289 e. The molecule has 2 N–H and O–H groups in total. The molecule has 1 aliphatic rings. The van der Waals surface area contributed by atoms with Gasteiger partial charge in [-0.2, -0.15) is 0 Å². The number of carbonyl (C=O) groups excluding carboxylic acids is 2. The first-order valence-electron chi connectivity index (χ1n) is 9.39. The number of aromatic nitrogens is 3. The molecule has 1 aliphatic heterocycles. The number of hydrogen-bond donors (Lipinski definition) is 2. The Morgan fingerprint density at radius 3 is 3.00 bits per heavy atom. The second-order valence-electron chi connectivity index (χ2n) is 6.76. The van der Waals surface area contributed by atoms with Crippen molar-refractivity contribution in [2.45, 2.75) is 19.9 Å². The van der Waals surface area contributed by atoms with Gasteiger partial charge in [0.25, 0.3) is 11.8 Å². The predicted octanol–water partition coefficient (Wildman–Crippen LogP) is 1.82. The molecule has 1 aromatic carbocycles. The molecule has 28 heavy (non-hydrogen) atoms. The van der Waals surface area contributed by atoms with Crippen molar-refractivity contribution in [3.05, 3.63) is 47.7 Å². The fourth-order valence-electron chi connectivity index (χ4n) is 3.53. The van der Waals surface area contributed by atoms with E-state index in [0.29, 0.717) is 38.4 Å². The van der Waals surface area contributed by atoms with E-state index < -0.39 is 0 Å². The summed E-state index contributed by atoms with van der Waals surface area (Å²) in [5, 5.41) is 3.97.